The molecule has 5 nitrogen and oxygen atoms in total. The molecule has 0 radical (unpaired) electrons. The van der Waals surface area contributed by atoms with Gasteiger partial charge in [0.25, 0.3) is 0 Å². The van der Waals surface area contributed by atoms with E-state index in [0.29, 0.717) is 6.54 Å². The molecule has 1 atom stereocenters. The molecule has 1 heterocycles. The van der Waals surface area contributed by atoms with Crippen LogP contribution in [0, 0.1) is 0 Å². The van der Waals surface area contributed by atoms with E-state index in [0.717, 1.165) is 50.5 Å². The molecule has 0 aromatic heterocycles. The third kappa shape index (κ3) is 8.36. The first-order valence-electron chi connectivity index (χ1n) is 9.63. The normalized spacial score (nSPS) is 16.8. The molecule has 2 N–H and O–H groups in total. The molecule has 1 aromatic carbocycles. The Hall–Kier alpha value is -1.59. The Bertz CT molecular complexity index is 484. The van der Waals surface area contributed by atoms with Crippen LogP contribution in [0.5, 0.6) is 5.75 Å². The zero-order chi connectivity index (χ0) is 17.7. The van der Waals surface area contributed by atoms with Gasteiger partial charge in [-0.2, -0.15) is 0 Å². The van der Waals surface area contributed by atoms with Crippen molar-refractivity contribution in [2.45, 2.75) is 58.0 Å². The minimum absolute atomic E-state index is 0.0393. The fourth-order valence-electron chi connectivity index (χ4n) is 2.89. The van der Waals surface area contributed by atoms with Crippen LogP contribution in [0.3, 0.4) is 0 Å². The van der Waals surface area contributed by atoms with Gasteiger partial charge in [-0.3, -0.25) is 4.79 Å². The third-order valence-electron chi connectivity index (χ3n) is 4.34. The van der Waals surface area contributed by atoms with Gasteiger partial charge in [0.15, 0.2) is 0 Å². The molecule has 1 aliphatic rings. The Kier molecular flexibility index (Phi) is 9.37. The van der Waals surface area contributed by atoms with Crippen LogP contribution < -0.4 is 15.4 Å². The Morgan fingerprint density at radius 2 is 2.00 bits per heavy atom. The SMILES string of the molecule is CCCCCCCOc1ccc(NC(=O)CNCC2CCCO2)cc1. The molecule has 1 amide bonds. The van der Waals surface area contributed by atoms with Crippen molar-refractivity contribution in [2.24, 2.45) is 0 Å². The molecule has 1 saturated heterocycles. The number of nitrogens with one attached hydrogen (secondary N) is 2. The zero-order valence-electron chi connectivity index (χ0n) is 15.4. The van der Waals surface area contributed by atoms with E-state index >= 15 is 0 Å². The summed E-state index contributed by atoms with van der Waals surface area (Å²) in [4.78, 5) is 11.9. The number of anilines is 1. The quantitative estimate of drug-likeness (QED) is 0.565. The van der Waals surface area contributed by atoms with Gasteiger partial charge in [-0.1, -0.05) is 32.6 Å². The summed E-state index contributed by atoms with van der Waals surface area (Å²) in [6.45, 7) is 4.85. The fourth-order valence-corrected chi connectivity index (χ4v) is 2.89. The summed E-state index contributed by atoms with van der Waals surface area (Å²) >= 11 is 0. The molecule has 0 spiro atoms. The van der Waals surface area contributed by atoms with Crippen LogP contribution in [0.1, 0.15) is 51.9 Å². The zero-order valence-corrected chi connectivity index (χ0v) is 15.4. The van der Waals surface area contributed by atoms with Gasteiger partial charge in [-0.05, 0) is 43.5 Å². The first kappa shape index (κ1) is 19.7. The molecule has 1 aliphatic heterocycles. The summed E-state index contributed by atoms with van der Waals surface area (Å²) in [7, 11) is 0. The van der Waals surface area contributed by atoms with E-state index in [2.05, 4.69) is 17.6 Å². The molecule has 1 fully saturated rings. The number of carbonyl (C=O) groups is 1. The molecule has 5 heteroatoms. The fraction of sp³-hybridized carbons (Fsp3) is 0.650. The van der Waals surface area contributed by atoms with E-state index in [1.807, 2.05) is 24.3 Å². The number of hydrogen-bond donors (Lipinski definition) is 2. The molecule has 1 aromatic rings. The van der Waals surface area contributed by atoms with Crippen molar-refractivity contribution in [3.8, 4) is 5.75 Å². The van der Waals surface area contributed by atoms with Gasteiger partial charge in [0, 0.05) is 18.8 Å². The Morgan fingerprint density at radius 1 is 1.20 bits per heavy atom. The number of rotatable bonds is 12. The van der Waals surface area contributed by atoms with Gasteiger partial charge in [0.05, 0.1) is 19.3 Å². The highest BCUT2D eigenvalue weighted by Gasteiger charge is 2.15. The standard InChI is InChI=1S/C20H32N2O3/c1-2-3-4-5-6-13-24-18-11-9-17(10-12-18)22-20(23)16-21-15-19-8-7-14-25-19/h9-12,19,21H,2-8,13-16H2,1H3,(H,22,23). The van der Waals surface area contributed by atoms with Gasteiger partial charge >= 0.3 is 0 Å². The molecule has 0 saturated carbocycles. The summed E-state index contributed by atoms with van der Waals surface area (Å²) in [6, 6.07) is 7.57. The van der Waals surface area contributed by atoms with Crippen molar-refractivity contribution in [1.82, 2.24) is 5.32 Å². The van der Waals surface area contributed by atoms with Crippen molar-refractivity contribution in [3.05, 3.63) is 24.3 Å². The molecular weight excluding hydrogens is 316 g/mol. The maximum atomic E-state index is 11.9. The maximum absolute atomic E-state index is 11.9. The second-order valence-electron chi connectivity index (χ2n) is 6.60. The Labute approximate surface area is 151 Å². The van der Waals surface area contributed by atoms with Crippen molar-refractivity contribution in [3.63, 3.8) is 0 Å². The second kappa shape index (κ2) is 11.9. The van der Waals surface area contributed by atoms with Crippen LogP contribution in [0.15, 0.2) is 24.3 Å². The van der Waals surface area contributed by atoms with Crippen molar-refractivity contribution in [2.75, 3.05) is 31.6 Å². The minimum atomic E-state index is -0.0393. The summed E-state index contributed by atoms with van der Waals surface area (Å²) in [5, 5.41) is 6.03. The number of ether oxygens (including phenoxy) is 2. The van der Waals surface area contributed by atoms with E-state index in [1.165, 1.54) is 25.7 Å². The molecule has 0 bridgehead atoms. The van der Waals surface area contributed by atoms with Crippen LogP contribution in [0.2, 0.25) is 0 Å². The van der Waals surface area contributed by atoms with Crippen molar-refractivity contribution >= 4 is 11.6 Å². The topological polar surface area (TPSA) is 59.6 Å². The van der Waals surface area contributed by atoms with Gasteiger partial charge in [0.1, 0.15) is 5.75 Å². The smallest absolute Gasteiger partial charge is 0.238 e. The van der Waals surface area contributed by atoms with E-state index in [9.17, 15) is 4.79 Å². The Morgan fingerprint density at radius 3 is 2.72 bits per heavy atom. The van der Waals surface area contributed by atoms with Gasteiger partial charge in [0.2, 0.25) is 5.91 Å². The number of benzene rings is 1. The van der Waals surface area contributed by atoms with Crippen LogP contribution in [0.25, 0.3) is 0 Å². The lowest BCUT2D eigenvalue weighted by molar-refractivity contribution is -0.115. The van der Waals surface area contributed by atoms with Gasteiger partial charge in [-0.25, -0.2) is 0 Å². The molecule has 140 valence electrons. The van der Waals surface area contributed by atoms with E-state index in [-0.39, 0.29) is 12.0 Å². The first-order valence-corrected chi connectivity index (χ1v) is 9.63. The van der Waals surface area contributed by atoms with E-state index in [1.54, 1.807) is 0 Å². The van der Waals surface area contributed by atoms with E-state index < -0.39 is 0 Å². The Balaban J connectivity index is 1.58. The molecule has 0 aliphatic carbocycles. The highest BCUT2D eigenvalue weighted by molar-refractivity contribution is 5.92. The number of hydrogen-bond acceptors (Lipinski definition) is 4. The minimum Gasteiger partial charge on any atom is -0.494 e. The predicted molar refractivity (Wildman–Crippen MR) is 101 cm³/mol. The second-order valence-corrected chi connectivity index (χ2v) is 6.60. The molecule has 25 heavy (non-hydrogen) atoms. The van der Waals surface area contributed by atoms with Crippen LogP contribution in [-0.4, -0.2) is 38.3 Å². The summed E-state index contributed by atoms with van der Waals surface area (Å²) in [6.07, 6.45) is 8.61. The number of carbonyl (C=O) groups excluding carboxylic acids is 1. The molecular formula is C20H32N2O3. The lowest BCUT2D eigenvalue weighted by atomic mass is 10.2. The largest absolute Gasteiger partial charge is 0.494 e. The lowest BCUT2D eigenvalue weighted by Gasteiger charge is -2.11. The van der Waals surface area contributed by atoms with Gasteiger partial charge in [-0.15, -0.1) is 0 Å². The van der Waals surface area contributed by atoms with Gasteiger partial charge < -0.3 is 20.1 Å². The number of unbranched alkanes of at least 4 members (excludes halogenated alkanes) is 4. The van der Waals surface area contributed by atoms with Crippen molar-refractivity contribution in [1.29, 1.82) is 0 Å². The summed E-state index contributed by atoms with van der Waals surface area (Å²) in [5.74, 6) is 0.813. The molecule has 1 unspecified atom stereocenters. The van der Waals surface area contributed by atoms with E-state index in [4.69, 9.17) is 9.47 Å². The first-order chi connectivity index (χ1) is 12.3. The third-order valence-corrected chi connectivity index (χ3v) is 4.34. The highest BCUT2D eigenvalue weighted by atomic mass is 16.5. The molecule has 2 rings (SSSR count). The average Bonchev–Trinajstić information content (AvgIpc) is 3.13. The monoisotopic (exact) mass is 348 g/mol. The average molecular weight is 348 g/mol. The maximum Gasteiger partial charge on any atom is 0.238 e. The number of amides is 1. The van der Waals surface area contributed by atoms with Crippen molar-refractivity contribution < 1.29 is 14.3 Å². The predicted octanol–water partition coefficient (Wildman–Crippen LogP) is 3.74. The summed E-state index contributed by atoms with van der Waals surface area (Å²) in [5.41, 5.74) is 0.791. The van der Waals surface area contributed by atoms with Crippen LogP contribution >= 0.6 is 0 Å². The summed E-state index contributed by atoms with van der Waals surface area (Å²) < 4.78 is 11.2. The van der Waals surface area contributed by atoms with Crippen LogP contribution in [0.4, 0.5) is 5.69 Å². The van der Waals surface area contributed by atoms with Crippen LogP contribution in [-0.2, 0) is 9.53 Å². The highest BCUT2D eigenvalue weighted by Crippen LogP contribution is 2.16. The lowest BCUT2D eigenvalue weighted by Crippen LogP contribution is -2.33.